The van der Waals surface area contributed by atoms with E-state index in [0.717, 1.165) is 50.3 Å². The van der Waals surface area contributed by atoms with Crippen molar-refractivity contribution >= 4 is 11.9 Å². The van der Waals surface area contributed by atoms with Crippen LogP contribution in [0, 0.1) is 17.8 Å². The molecule has 1 aromatic heterocycles. The maximum absolute atomic E-state index is 12.6. The molecule has 148 valence electrons. The Morgan fingerprint density at radius 2 is 1.93 bits per heavy atom. The van der Waals surface area contributed by atoms with Crippen molar-refractivity contribution in [3.05, 3.63) is 24.3 Å². The number of benzene rings is 1. The summed E-state index contributed by atoms with van der Waals surface area (Å²) in [6.45, 7) is 3.59. The Bertz CT molecular complexity index is 834. The van der Waals surface area contributed by atoms with Crippen molar-refractivity contribution in [3.63, 3.8) is 0 Å². The molecule has 8 heteroatoms. The lowest BCUT2D eigenvalue weighted by Crippen LogP contribution is -2.42. The number of ether oxygens (including phenoxy) is 1. The summed E-state index contributed by atoms with van der Waals surface area (Å²) in [5.41, 5.74) is 0.884. The Morgan fingerprint density at radius 3 is 2.61 bits per heavy atom. The predicted octanol–water partition coefficient (Wildman–Crippen LogP) is 1.30. The van der Waals surface area contributed by atoms with Crippen LogP contribution < -0.4 is 20.3 Å². The van der Waals surface area contributed by atoms with Gasteiger partial charge in [0.25, 0.3) is 0 Å². The van der Waals surface area contributed by atoms with Gasteiger partial charge in [0.05, 0.1) is 7.11 Å². The van der Waals surface area contributed by atoms with Gasteiger partial charge in [-0.05, 0) is 48.9 Å². The van der Waals surface area contributed by atoms with Crippen molar-refractivity contribution in [3.8, 4) is 17.1 Å². The molecular formula is C20H25N5O3. The van der Waals surface area contributed by atoms with E-state index in [2.05, 4.69) is 25.7 Å². The molecule has 8 nitrogen and oxygen atoms in total. The molecule has 2 atom stereocenters. The standard InChI is InChI=1S/C20H25N5O3/c1-27-14-4-2-12(3-5-14)18-23-20(28-24-18)25-8-6-13(7-9-25)19(26)22-17-15-10-21-11-16(15)17/h2-5,13,15-17,21H,6-11H2,1H3,(H,22,26). The van der Waals surface area contributed by atoms with Crippen LogP contribution >= 0.6 is 0 Å². The molecule has 0 spiro atoms. The van der Waals surface area contributed by atoms with Crippen molar-refractivity contribution in [1.29, 1.82) is 0 Å². The number of carbonyl (C=O) groups is 1. The molecule has 1 saturated carbocycles. The van der Waals surface area contributed by atoms with Crippen LogP contribution in [0.5, 0.6) is 5.75 Å². The van der Waals surface area contributed by atoms with Gasteiger partial charge in [-0.2, -0.15) is 4.98 Å². The van der Waals surface area contributed by atoms with E-state index in [1.807, 2.05) is 24.3 Å². The number of piperidine rings is 2. The molecule has 1 aromatic carbocycles. The number of hydrogen-bond donors (Lipinski definition) is 2. The fraction of sp³-hybridized carbons (Fsp3) is 0.550. The molecule has 1 aliphatic carbocycles. The first kappa shape index (κ1) is 17.5. The van der Waals surface area contributed by atoms with Gasteiger partial charge >= 0.3 is 6.01 Å². The van der Waals surface area contributed by atoms with E-state index >= 15 is 0 Å². The van der Waals surface area contributed by atoms with Crippen LogP contribution in [-0.4, -0.2) is 55.4 Å². The average molecular weight is 383 g/mol. The Morgan fingerprint density at radius 1 is 1.21 bits per heavy atom. The number of methoxy groups -OCH3 is 1. The molecule has 2 N–H and O–H groups in total. The molecule has 3 aliphatic rings. The number of hydrogen-bond acceptors (Lipinski definition) is 7. The third kappa shape index (κ3) is 3.22. The highest BCUT2D eigenvalue weighted by Gasteiger charge is 2.53. The minimum absolute atomic E-state index is 0.0783. The van der Waals surface area contributed by atoms with Gasteiger partial charge in [0.15, 0.2) is 0 Å². The third-order valence-electron chi connectivity index (χ3n) is 6.30. The van der Waals surface area contributed by atoms with Gasteiger partial charge < -0.3 is 24.8 Å². The lowest BCUT2D eigenvalue weighted by atomic mass is 9.96. The van der Waals surface area contributed by atoms with Crippen molar-refractivity contribution in [2.24, 2.45) is 17.8 Å². The maximum atomic E-state index is 12.6. The zero-order chi connectivity index (χ0) is 19.1. The highest BCUT2D eigenvalue weighted by Crippen LogP contribution is 2.42. The molecule has 28 heavy (non-hydrogen) atoms. The lowest BCUT2D eigenvalue weighted by molar-refractivity contribution is -0.125. The first-order valence-corrected chi connectivity index (χ1v) is 9.97. The highest BCUT2D eigenvalue weighted by atomic mass is 16.5. The number of rotatable bonds is 5. The van der Waals surface area contributed by atoms with Crippen LogP contribution in [0.3, 0.4) is 0 Å². The Hall–Kier alpha value is -2.61. The molecule has 1 amide bonds. The van der Waals surface area contributed by atoms with Crippen molar-refractivity contribution in [1.82, 2.24) is 20.8 Å². The summed E-state index contributed by atoms with van der Waals surface area (Å²) in [5.74, 6) is 2.95. The Kier molecular flexibility index (Phi) is 4.43. The second-order valence-electron chi connectivity index (χ2n) is 7.91. The van der Waals surface area contributed by atoms with E-state index in [4.69, 9.17) is 9.26 Å². The molecule has 2 saturated heterocycles. The number of nitrogens with one attached hydrogen (secondary N) is 2. The number of carbonyl (C=O) groups excluding carboxylic acids is 1. The van der Waals surface area contributed by atoms with Gasteiger partial charge in [0, 0.05) is 43.7 Å². The average Bonchev–Trinajstić information content (AvgIpc) is 3.16. The van der Waals surface area contributed by atoms with Crippen LogP contribution in [0.1, 0.15) is 12.8 Å². The molecule has 3 fully saturated rings. The minimum Gasteiger partial charge on any atom is -0.497 e. The molecule has 2 unspecified atom stereocenters. The molecule has 2 aliphatic heterocycles. The van der Waals surface area contributed by atoms with Crippen LogP contribution in [0.2, 0.25) is 0 Å². The Labute approximate surface area is 163 Å². The maximum Gasteiger partial charge on any atom is 0.324 e. The van der Waals surface area contributed by atoms with Gasteiger partial charge in [-0.15, -0.1) is 0 Å². The quantitative estimate of drug-likeness (QED) is 0.804. The number of amides is 1. The zero-order valence-electron chi connectivity index (χ0n) is 15.9. The summed E-state index contributed by atoms with van der Waals surface area (Å²) in [5, 5.41) is 10.7. The topological polar surface area (TPSA) is 92.5 Å². The van der Waals surface area contributed by atoms with E-state index in [1.54, 1.807) is 7.11 Å². The van der Waals surface area contributed by atoms with Gasteiger partial charge in [0.1, 0.15) is 5.75 Å². The summed E-state index contributed by atoms with van der Waals surface area (Å²) in [4.78, 5) is 19.1. The summed E-state index contributed by atoms with van der Waals surface area (Å²) in [6.07, 6.45) is 1.62. The van der Waals surface area contributed by atoms with Gasteiger partial charge in [-0.3, -0.25) is 4.79 Å². The SMILES string of the molecule is COc1ccc(-c2noc(N3CCC(C(=O)NC4C5CNCC54)CC3)n2)cc1. The number of fused-ring (bicyclic) bond motifs is 1. The smallest absolute Gasteiger partial charge is 0.324 e. The summed E-state index contributed by atoms with van der Waals surface area (Å²) in [7, 11) is 1.64. The summed E-state index contributed by atoms with van der Waals surface area (Å²) in [6, 6.07) is 8.49. The third-order valence-corrected chi connectivity index (χ3v) is 6.30. The van der Waals surface area contributed by atoms with Gasteiger partial charge in [-0.25, -0.2) is 0 Å². The zero-order valence-corrected chi connectivity index (χ0v) is 15.9. The predicted molar refractivity (Wildman–Crippen MR) is 103 cm³/mol. The first-order valence-electron chi connectivity index (χ1n) is 9.97. The van der Waals surface area contributed by atoms with Crippen LogP contribution in [-0.2, 0) is 4.79 Å². The Balaban J connectivity index is 1.15. The van der Waals surface area contributed by atoms with Gasteiger partial charge in [0.2, 0.25) is 11.7 Å². The van der Waals surface area contributed by atoms with Crippen LogP contribution in [0.15, 0.2) is 28.8 Å². The molecule has 2 aromatic rings. The van der Waals surface area contributed by atoms with E-state index in [-0.39, 0.29) is 11.8 Å². The van der Waals surface area contributed by atoms with Crippen molar-refractivity contribution < 1.29 is 14.1 Å². The lowest BCUT2D eigenvalue weighted by Gasteiger charge is -2.29. The van der Waals surface area contributed by atoms with E-state index < -0.39 is 0 Å². The number of aromatic nitrogens is 2. The number of anilines is 1. The number of nitrogens with zero attached hydrogens (tertiary/aromatic N) is 3. The van der Waals surface area contributed by atoms with Crippen LogP contribution in [0.25, 0.3) is 11.4 Å². The van der Waals surface area contributed by atoms with Crippen LogP contribution in [0.4, 0.5) is 6.01 Å². The molecular weight excluding hydrogens is 358 g/mol. The fourth-order valence-corrected chi connectivity index (χ4v) is 4.45. The minimum atomic E-state index is 0.0783. The van der Waals surface area contributed by atoms with E-state index in [1.165, 1.54) is 0 Å². The first-order chi connectivity index (χ1) is 13.7. The summed E-state index contributed by atoms with van der Waals surface area (Å²) >= 11 is 0. The molecule has 5 rings (SSSR count). The molecule has 0 radical (unpaired) electrons. The van der Waals surface area contributed by atoms with E-state index in [0.29, 0.717) is 29.7 Å². The summed E-state index contributed by atoms with van der Waals surface area (Å²) < 4.78 is 10.6. The normalized spacial score (nSPS) is 26.8. The van der Waals surface area contributed by atoms with Gasteiger partial charge in [-0.1, -0.05) is 5.16 Å². The van der Waals surface area contributed by atoms with E-state index in [9.17, 15) is 4.79 Å². The second kappa shape index (κ2) is 7.09. The monoisotopic (exact) mass is 383 g/mol. The van der Waals surface area contributed by atoms with Crippen molar-refractivity contribution in [2.45, 2.75) is 18.9 Å². The second-order valence-corrected chi connectivity index (χ2v) is 7.91. The van der Waals surface area contributed by atoms with Crippen molar-refractivity contribution in [2.75, 3.05) is 38.2 Å². The highest BCUT2D eigenvalue weighted by molar-refractivity contribution is 5.79. The molecule has 3 heterocycles. The molecule has 0 bridgehead atoms. The largest absolute Gasteiger partial charge is 0.497 e. The fourth-order valence-electron chi connectivity index (χ4n) is 4.45.